The van der Waals surface area contributed by atoms with Gasteiger partial charge in [0.2, 0.25) is 11.8 Å². The number of thiazole rings is 1. The third-order valence-electron chi connectivity index (χ3n) is 3.47. The Balaban J connectivity index is 2.08. The molecule has 0 aliphatic heterocycles. The van der Waals surface area contributed by atoms with Crippen LogP contribution in [0.2, 0.25) is 0 Å². The van der Waals surface area contributed by atoms with Gasteiger partial charge in [0.05, 0.1) is 23.2 Å². The Kier molecular flexibility index (Phi) is 6.03. The lowest BCUT2D eigenvalue weighted by molar-refractivity contribution is -0.126. The van der Waals surface area contributed by atoms with E-state index in [0.29, 0.717) is 17.0 Å². The fourth-order valence-corrected chi connectivity index (χ4v) is 3.32. The third kappa shape index (κ3) is 4.38. The molecule has 1 aromatic heterocycles. The minimum absolute atomic E-state index is 0.0605. The summed E-state index contributed by atoms with van der Waals surface area (Å²) in [4.78, 5) is 28.4. The molecule has 7 heteroatoms. The second-order valence-electron chi connectivity index (χ2n) is 5.37. The van der Waals surface area contributed by atoms with Gasteiger partial charge in [0, 0.05) is 12.0 Å². The standard InChI is InChI=1S/C17H20FN3O2S/c1-4-14(22)19-9-15(23)20-10(2)16-11(3)21-17(24-16)12-7-5-6-8-13(12)18/h5-8,10H,4,9H2,1-3H3,(H,19,22)(H,20,23)/t10-/m0/s1. The van der Waals surface area contributed by atoms with Crippen LogP contribution in [0.5, 0.6) is 0 Å². The summed E-state index contributed by atoms with van der Waals surface area (Å²) in [5.41, 5.74) is 1.20. The van der Waals surface area contributed by atoms with E-state index >= 15 is 0 Å². The van der Waals surface area contributed by atoms with Crippen LogP contribution in [0.25, 0.3) is 10.6 Å². The first-order chi connectivity index (χ1) is 11.4. The normalized spacial score (nSPS) is 11.8. The van der Waals surface area contributed by atoms with Crippen LogP contribution in [0, 0.1) is 12.7 Å². The lowest BCUT2D eigenvalue weighted by Gasteiger charge is -2.13. The van der Waals surface area contributed by atoms with Gasteiger partial charge in [-0.1, -0.05) is 19.1 Å². The highest BCUT2D eigenvalue weighted by Gasteiger charge is 2.18. The second-order valence-corrected chi connectivity index (χ2v) is 6.40. The smallest absolute Gasteiger partial charge is 0.239 e. The first kappa shape index (κ1) is 18.1. The van der Waals surface area contributed by atoms with Crippen LogP contribution in [0.4, 0.5) is 4.39 Å². The van der Waals surface area contributed by atoms with Crippen molar-refractivity contribution in [1.29, 1.82) is 0 Å². The SMILES string of the molecule is CCC(=O)NCC(=O)N[C@@H](C)c1sc(-c2ccccc2F)nc1C. The molecule has 0 unspecified atom stereocenters. The predicted octanol–water partition coefficient (Wildman–Crippen LogP) is 2.96. The van der Waals surface area contributed by atoms with Gasteiger partial charge in [-0.25, -0.2) is 9.37 Å². The third-order valence-corrected chi connectivity index (χ3v) is 4.85. The van der Waals surface area contributed by atoms with E-state index in [2.05, 4.69) is 15.6 Å². The molecular formula is C17H20FN3O2S. The Morgan fingerprint density at radius 2 is 2.00 bits per heavy atom. The van der Waals surface area contributed by atoms with Crippen molar-refractivity contribution in [3.05, 3.63) is 40.7 Å². The van der Waals surface area contributed by atoms with Crippen molar-refractivity contribution in [1.82, 2.24) is 15.6 Å². The van der Waals surface area contributed by atoms with E-state index in [1.165, 1.54) is 17.4 Å². The summed E-state index contributed by atoms with van der Waals surface area (Å²) in [6.45, 7) is 5.33. The van der Waals surface area contributed by atoms with Gasteiger partial charge in [-0.2, -0.15) is 0 Å². The van der Waals surface area contributed by atoms with Crippen molar-refractivity contribution in [3.8, 4) is 10.6 Å². The number of hydrogen-bond donors (Lipinski definition) is 2. The van der Waals surface area contributed by atoms with E-state index in [1.807, 2.05) is 13.8 Å². The lowest BCUT2D eigenvalue weighted by Crippen LogP contribution is -2.37. The zero-order valence-corrected chi connectivity index (χ0v) is 14.7. The summed E-state index contributed by atoms with van der Waals surface area (Å²) < 4.78 is 13.9. The minimum Gasteiger partial charge on any atom is -0.347 e. The van der Waals surface area contributed by atoms with Crippen LogP contribution < -0.4 is 10.6 Å². The molecule has 0 spiro atoms. The second kappa shape index (κ2) is 8.01. The highest BCUT2D eigenvalue weighted by Crippen LogP contribution is 2.32. The number of carbonyl (C=O) groups is 2. The summed E-state index contributed by atoms with van der Waals surface area (Å²) >= 11 is 1.35. The average Bonchev–Trinajstić information content (AvgIpc) is 2.94. The summed E-state index contributed by atoms with van der Waals surface area (Å²) in [6, 6.07) is 6.20. The molecule has 2 amide bonds. The minimum atomic E-state index is -0.322. The highest BCUT2D eigenvalue weighted by atomic mass is 32.1. The number of hydrogen-bond acceptors (Lipinski definition) is 4. The molecule has 0 aliphatic rings. The number of amides is 2. The van der Waals surface area contributed by atoms with Gasteiger partial charge in [0.25, 0.3) is 0 Å². The molecule has 0 fully saturated rings. The number of rotatable bonds is 6. The molecule has 2 aromatic rings. The topological polar surface area (TPSA) is 71.1 Å². The summed E-state index contributed by atoms with van der Waals surface area (Å²) in [5.74, 6) is -0.769. The molecule has 0 saturated carbocycles. The molecule has 1 atom stereocenters. The van der Waals surface area contributed by atoms with Gasteiger partial charge in [-0.05, 0) is 26.0 Å². The maximum absolute atomic E-state index is 13.9. The van der Waals surface area contributed by atoms with E-state index in [0.717, 1.165) is 10.6 Å². The van der Waals surface area contributed by atoms with Crippen LogP contribution in [-0.4, -0.2) is 23.3 Å². The first-order valence-electron chi connectivity index (χ1n) is 7.70. The van der Waals surface area contributed by atoms with Crippen molar-refractivity contribution >= 4 is 23.2 Å². The van der Waals surface area contributed by atoms with Crippen molar-refractivity contribution in [2.45, 2.75) is 33.2 Å². The largest absolute Gasteiger partial charge is 0.347 e. The quantitative estimate of drug-likeness (QED) is 0.842. The average molecular weight is 349 g/mol. The maximum Gasteiger partial charge on any atom is 0.239 e. The Bertz CT molecular complexity index is 745. The number of halogens is 1. The van der Waals surface area contributed by atoms with E-state index in [-0.39, 0.29) is 30.2 Å². The fourth-order valence-electron chi connectivity index (χ4n) is 2.22. The molecule has 2 rings (SSSR count). The monoisotopic (exact) mass is 349 g/mol. The van der Waals surface area contributed by atoms with Gasteiger partial charge in [-0.15, -0.1) is 11.3 Å². The Labute approximate surface area is 144 Å². The van der Waals surface area contributed by atoms with Crippen LogP contribution in [-0.2, 0) is 9.59 Å². The molecule has 0 aliphatic carbocycles. The lowest BCUT2D eigenvalue weighted by atomic mass is 10.2. The van der Waals surface area contributed by atoms with Gasteiger partial charge in [0.15, 0.2) is 0 Å². The number of carbonyl (C=O) groups excluding carboxylic acids is 2. The molecule has 0 saturated heterocycles. The Morgan fingerprint density at radius 1 is 1.29 bits per heavy atom. The maximum atomic E-state index is 13.9. The first-order valence-corrected chi connectivity index (χ1v) is 8.52. The van der Waals surface area contributed by atoms with Crippen LogP contribution >= 0.6 is 11.3 Å². The van der Waals surface area contributed by atoms with Crippen LogP contribution in [0.3, 0.4) is 0 Å². The van der Waals surface area contributed by atoms with Gasteiger partial charge >= 0.3 is 0 Å². The van der Waals surface area contributed by atoms with Crippen LogP contribution in [0.15, 0.2) is 24.3 Å². The zero-order valence-electron chi connectivity index (χ0n) is 13.9. The molecule has 24 heavy (non-hydrogen) atoms. The van der Waals surface area contributed by atoms with Crippen molar-refractivity contribution in [2.75, 3.05) is 6.54 Å². The van der Waals surface area contributed by atoms with Gasteiger partial charge < -0.3 is 10.6 Å². The number of benzene rings is 1. The molecule has 0 radical (unpaired) electrons. The number of aromatic nitrogens is 1. The summed E-state index contributed by atoms with van der Waals surface area (Å²) in [7, 11) is 0. The molecule has 1 heterocycles. The summed E-state index contributed by atoms with van der Waals surface area (Å²) in [5, 5.41) is 5.93. The molecule has 128 valence electrons. The van der Waals surface area contributed by atoms with E-state index in [1.54, 1.807) is 25.1 Å². The molecular weight excluding hydrogens is 329 g/mol. The van der Waals surface area contributed by atoms with E-state index < -0.39 is 0 Å². The number of aryl methyl sites for hydroxylation is 1. The predicted molar refractivity (Wildman–Crippen MR) is 92.1 cm³/mol. The van der Waals surface area contributed by atoms with E-state index in [9.17, 15) is 14.0 Å². The molecule has 1 aromatic carbocycles. The van der Waals surface area contributed by atoms with Crippen molar-refractivity contribution < 1.29 is 14.0 Å². The Hall–Kier alpha value is -2.28. The van der Waals surface area contributed by atoms with Crippen molar-refractivity contribution in [3.63, 3.8) is 0 Å². The summed E-state index contributed by atoms with van der Waals surface area (Å²) in [6.07, 6.45) is 0.336. The van der Waals surface area contributed by atoms with Gasteiger partial charge in [0.1, 0.15) is 10.8 Å². The molecule has 2 N–H and O–H groups in total. The molecule has 5 nitrogen and oxygen atoms in total. The van der Waals surface area contributed by atoms with Gasteiger partial charge in [-0.3, -0.25) is 9.59 Å². The fraction of sp³-hybridized carbons (Fsp3) is 0.353. The van der Waals surface area contributed by atoms with Crippen LogP contribution in [0.1, 0.15) is 36.9 Å². The number of nitrogens with one attached hydrogen (secondary N) is 2. The molecule has 0 bridgehead atoms. The Morgan fingerprint density at radius 3 is 2.67 bits per heavy atom. The van der Waals surface area contributed by atoms with Crippen molar-refractivity contribution in [2.24, 2.45) is 0 Å². The number of nitrogens with zero attached hydrogens (tertiary/aromatic N) is 1. The zero-order chi connectivity index (χ0) is 17.7. The highest BCUT2D eigenvalue weighted by molar-refractivity contribution is 7.15. The van der Waals surface area contributed by atoms with E-state index in [4.69, 9.17) is 0 Å².